The second kappa shape index (κ2) is 5.92. The van der Waals surface area contributed by atoms with Crippen molar-refractivity contribution in [1.82, 2.24) is 5.32 Å². The summed E-state index contributed by atoms with van der Waals surface area (Å²) in [5, 5.41) is 20.9. The van der Waals surface area contributed by atoms with Crippen molar-refractivity contribution in [3.63, 3.8) is 0 Å². The third kappa shape index (κ3) is 3.04. The van der Waals surface area contributed by atoms with E-state index in [1.165, 1.54) is 19.1 Å². The van der Waals surface area contributed by atoms with E-state index in [1.54, 1.807) is 6.07 Å². The van der Waals surface area contributed by atoms with Crippen LogP contribution < -0.4 is 9.97 Å². The van der Waals surface area contributed by atoms with E-state index in [0.717, 1.165) is 0 Å². The van der Waals surface area contributed by atoms with Crippen molar-refractivity contribution >= 4 is 19.0 Å². The van der Waals surface area contributed by atoms with Crippen LogP contribution in [0.25, 0.3) is 0 Å². The molecule has 1 amide bonds. The van der Waals surface area contributed by atoms with Crippen molar-refractivity contribution in [3.05, 3.63) is 29.3 Å². The molecule has 1 aliphatic heterocycles. The zero-order valence-electron chi connectivity index (χ0n) is 11.7. The van der Waals surface area contributed by atoms with Gasteiger partial charge < -0.3 is 20.1 Å². The Labute approximate surface area is 125 Å². The molecule has 0 bridgehead atoms. The number of amides is 1. The Bertz CT molecular complexity index is 610. The molecule has 1 aromatic carbocycles. The van der Waals surface area contributed by atoms with Gasteiger partial charge in [-0.15, -0.1) is 0 Å². The van der Waals surface area contributed by atoms with E-state index in [1.807, 2.05) is 5.32 Å². The molecule has 2 rings (SSSR count). The van der Waals surface area contributed by atoms with Gasteiger partial charge in [0.2, 0.25) is 0 Å². The SMILES string of the molecule is CCC(F)(F)C(=O)N[C@H]1Cc2cccc(C(=O)O)c2OB1O. The van der Waals surface area contributed by atoms with Gasteiger partial charge in [0.15, 0.2) is 0 Å². The summed E-state index contributed by atoms with van der Waals surface area (Å²) < 4.78 is 31.7. The molecule has 9 heteroatoms. The van der Waals surface area contributed by atoms with Gasteiger partial charge in [-0.25, -0.2) is 4.79 Å². The number of carbonyl (C=O) groups is 2. The maximum Gasteiger partial charge on any atom is 0.547 e. The lowest BCUT2D eigenvalue weighted by atomic mass is 9.72. The van der Waals surface area contributed by atoms with Crippen LogP contribution in [0.15, 0.2) is 18.2 Å². The molecule has 1 aromatic rings. The van der Waals surface area contributed by atoms with Gasteiger partial charge in [0, 0.05) is 6.42 Å². The van der Waals surface area contributed by atoms with E-state index < -0.39 is 37.3 Å². The number of para-hydroxylation sites is 1. The Balaban J connectivity index is 2.21. The summed E-state index contributed by atoms with van der Waals surface area (Å²) in [6.45, 7) is 1.17. The number of hydrogen-bond donors (Lipinski definition) is 3. The average molecular weight is 313 g/mol. The van der Waals surface area contributed by atoms with Crippen LogP contribution in [-0.4, -0.2) is 41.0 Å². The normalized spacial score (nSPS) is 17.5. The van der Waals surface area contributed by atoms with Crippen LogP contribution in [0.1, 0.15) is 29.3 Å². The Morgan fingerprint density at radius 3 is 2.77 bits per heavy atom. The van der Waals surface area contributed by atoms with Gasteiger partial charge in [0.05, 0.1) is 11.5 Å². The molecule has 1 atom stereocenters. The Morgan fingerprint density at radius 1 is 1.50 bits per heavy atom. The van der Waals surface area contributed by atoms with Crippen LogP contribution >= 0.6 is 0 Å². The van der Waals surface area contributed by atoms with Gasteiger partial charge in [0.1, 0.15) is 5.75 Å². The van der Waals surface area contributed by atoms with Crippen LogP contribution in [0.4, 0.5) is 8.78 Å². The number of nitrogens with one attached hydrogen (secondary N) is 1. The van der Waals surface area contributed by atoms with Crippen molar-refractivity contribution in [3.8, 4) is 5.75 Å². The molecule has 6 nitrogen and oxygen atoms in total. The quantitative estimate of drug-likeness (QED) is 0.717. The monoisotopic (exact) mass is 313 g/mol. The second-order valence-corrected chi connectivity index (χ2v) is 4.95. The van der Waals surface area contributed by atoms with E-state index in [-0.39, 0.29) is 17.7 Å². The van der Waals surface area contributed by atoms with Crippen LogP contribution in [0.5, 0.6) is 5.75 Å². The standard InChI is InChI=1S/C13H14BF2NO5/c1-2-13(15,16)12(20)17-9-6-7-4-3-5-8(11(18)19)10(7)22-14(9)21/h3-5,9,21H,2,6H2,1H3,(H,17,20)(H,18,19)/t9-/m0/s1. The topological polar surface area (TPSA) is 95.9 Å². The lowest BCUT2D eigenvalue weighted by Crippen LogP contribution is -2.56. The Kier molecular flexibility index (Phi) is 4.36. The van der Waals surface area contributed by atoms with Crippen LogP contribution in [-0.2, 0) is 11.2 Å². The molecule has 0 fully saturated rings. The average Bonchev–Trinajstić information content (AvgIpc) is 2.47. The maximum absolute atomic E-state index is 13.3. The molecule has 1 aliphatic rings. The third-order valence-corrected chi connectivity index (χ3v) is 3.44. The molecule has 22 heavy (non-hydrogen) atoms. The first-order valence-corrected chi connectivity index (χ1v) is 6.65. The van der Waals surface area contributed by atoms with Crippen molar-refractivity contribution < 1.29 is 33.2 Å². The fourth-order valence-corrected chi connectivity index (χ4v) is 2.15. The highest BCUT2D eigenvalue weighted by atomic mass is 19.3. The summed E-state index contributed by atoms with van der Waals surface area (Å²) in [5.41, 5.74) is 0.274. The van der Waals surface area contributed by atoms with E-state index >= 15 is 0 Å². The third-order valence-electron chi connectivity index (χ3n) is 3.44. The summed E-state index contributed by atoms with van der Waals surface area (Å²) >= 11 is 0. The van der Waals surface area contributed by atoms with Crippen molar-refractivity contribution in [2.45, 2.75) is 31.6 Å². The number of hydrogen-bond acceptors (Lipinski definition) is 4. The van der Waals surface area contributed by atoms with Crippen LogP contribution in [0, 0.1) is 0 Å². The predicted octanol–water partition coefficient (Wildman–Crippen LogP) is 0.869. The summed E-state index contributed by atoms with van der Waals surface area (Å²) in [5.74, 6) is -7.37. The lowest BCUT2D eigenvalue weighted by molar-refractivity contribution is -0.146. The van der Waals surface area contributed by atoms with Gasteiger partial charge >= 0.3 is 19.0 Å². The van der Waals surface area contributed by atoms with Gasteiger partial charge in [-0.3, -0.25) is 4.79 Å². The molecule has 0 aromatic heterocycles. The van der Waals surface area contributed by atoms with Crippen molar-refractivity contribution in [2.75, 3.05) is 0 Å². The second-order valence-electron chi connectivity index (χ2n) is 4.95. The molecule has 0 aliphatic carbocycles. The largest absolute Gasteiger partial charge is 0.547 e. The number of carbonyl (C=O) groups excluding carboxylic acids is 1. The summed E-state index contributed by atoms with van der Waals surface area (Å²) in [7, 11) is -1.61. The fourth-order valence-electron chi connectivity index (χ4n) is 2.15. The minimum absolute atomic E-state index is 0.0108. The molecule has 1 heterocycles. The first-order chi connectivity index (χ1) is 10.3. The number of aromatic carboxylic acids is 1. The Morgan fingerprint density at radius 2 is 2.18 bits per heavy atom. The van der Waals surface area contributed by atoms with E-state index in [0.29, 0.717) is 5.56 Å². The number of rotatable bonds is 4. The Hall–Kier alpha value is -2.16. The highest BCUT2D eigenvalue weighted by Gasteiger charge is 2.43. The highest BCUT2D eigenvalue weighted by Crippen LogP contribution is 2.30. The van der Waals surface area contributed by atoms with Gasteiger partial charge in [-0.05, 0) is 18.1 Å². The molecule has 0 saturated carbocycles. The lowest BCUT2D eigenvalue weighted by Gasteiger charge is -2.29. The first kappa shape index (κ1) is 16.2. The molecule has 0 saturated heterocycles. The van der Waals surface area contributed by atoms with Gasteiger partial charge in [-0.1, -0.05) is 19.1 Å². The van der Waals surface area contributed by atoms with Gasteiger partial charge in [0.25, 0.3) is 5.91 Å². The van der Waals surface area contributed by atoms with E-state index in [9.17, 15) is 23.4 Å². The number of carboxylic acid groups (broad SMARTS) is 1. The smallest absolute Gasteiger partial charge is 0.534 e. The fraction of sp³-hybridized carbons (Fsp3) is 0.385. The highest BCUT2D eigenvalue weighted by molar-refractivity contribution is 6.47. The zero-order chi connectivity index (χ0) is 16.5. The summed E-state index contributed by atoms with van der Waals surface area (Å²) in [6.07, 6.45) is -0.675. The maximum atomic E-state index is 13.3. The molecular weight excluding hydrogens is 299 g/mol. The predicted molar refractivity (Wildman–Crippen MR) is 72.9 cm³/mol. The molecule has 3 N–H and O–H groups in total. The van der Waals surface area contributed by atoms with Crippen LogP contribution in [0.3, 0.4) is 0 Å². The van der Waals surface area contributed by atoms with Crippen molar-refractivity contribution in [1.29, 1.82) is 0 Å². The number of alkyl halides is 2. The van der Waals surface area contributed by atoms with Crippen LogP contribution in [0.2, 0.25) is 0 Å². The molecule has 0 spiro atoms. The number of carboxylic acids is 1. The zero-order valence-corrected chi connectivity index (χ0v) is 11.7. The van der Waals surface area contributed by atoms with E-state index in [2.05, 4.69) is 0 Å². The molecular formula is C13H14BF2NO5. The molecule has 118 valence electrons. The summed E-state index contributed by atoms with van der Waals surface area (Å²) in [4.78, 5) is 22.6. The minimum Gasteiger partial charge on any atom is -0.534 e. The van der Waals surface area contributed by atoms with Crippen molar-refractivity contribution in [2.24, 2.45) is 0 Å². The number of halogens is 2. The number of benzene rings is 1. The summed E-state index contributed by atoms with van der Waals surface area (Å²) in [6, 6.07) is 4.33. The molecule has 0 unspecified atom stereocenters. The van der Waals surface area contributed by atoms with Gasteiger partial charge in [-0.2, -0.15) is 8.78 Å². The first-order valence-electron chi connectivity index (χ1n) is 6.65. The molecule has 0 radical (unpaired) electrons. The minimum atomic E-state index is -3.54. The number of fused-ring (bicyclic) bond motifs is 1. The van der Waals surface area contributed by atoms with E-state index in [4.69, 9.17) is 9.76 Å².